The van der Waals surface area contributed by atoms with E-state index < -0.39 is 5.97 Å². The fourth-order valence-corrected chi connectivity index (χ4v) is 3.18. The fourth-order valence-electron chi connectivity index (χ4n) is 2.91. The van der Waals surface area contributed by atoms with E-state index in [4.69, 9.17) is 10.00 Å². The van der Waals surface area contributed by atoms with Gasteiger partial charge in [-0.1, -0.05) is 46.3 Å². The molecule has 0 unspecified atom stereocenters. The Morgan fingerprint density at radius 3 is 2.59 bits per heavy atom. The molecule has 1 aliphatic rings. The van der Waals surface area contributed by atoms with Gasteiger partial charge in [-0.25, -0.2) is 9.79 Å². The number of cyclic esters (lactones) is 1. The lowest BCUT2D eigenvalue weighted by Crippen LogP contribution is -2.04. The molecule has 0 atom stereocenters. The van der Waals surface area contributed by atoms with Crippen LogP contribution < -0.4 is 0 Å². The van der Waals surface area contributed by atoms with E-state index in [1.807, 2.05) is 60.8 Å². The first-order chi connectivity index (χ1) is 14.1. The molecule has 4 rings (SSSR count). The Morgan fingerprint density at radius 2 is 1.86 bits per heavy atom. The van der Waals surface area contributed by atoms with Gasteiger partial charge < -0.3 is 4.74 Å². The predicted octanol–water partition coefficient (Wildman–Crippen LogP) is 4.57. The molecule has 142 valence electrons. The average molecular weight is 447 g/mol. The van der Waals surface area contributed by atoms with Crippen molar-refractivity contribution < 1.29 is 9.53 Å². The van der Waals surface area contributed by atoms with Crippen LogP contribution in [0.1, 0.15) is 17.5 Å². The molecule has 2 heterocycles. The summed E-state index contributed by atoms with van der Waals surface area (Å²) >= 11 is 3.43. The van der Waals surface area contributed by atoms with E-state index in [2.05, 4.69) is 32.1 Å². The van der Waals surface area contributed by atoms with Crippen LogP contribution in [0.5, 0.6) is 0 Å². The van der Waals surface area contributed by atoms with Crippen LogP contribution in [-0.2, 0) is 16.1 Å². The summed E-state index contributed by atoms with van der Waals surface area (Å²) in [6, 6.07) is 19.1. The van der Waals surface area contributed by atoms with E-state index in [0.29, 0.717) is 18.7 Å². The van der Waals surface area contributed by atoms with E-state index in [1.54, 1.807) is 10.8 Å². The number of rotatable bonds is 5. The van der Waals surface area contributed by atoms with Gasteiger partial charge in [0.05, 0.1) is 24.7 Å². The van der Waals surface area contributed by atoms with E-state index in [-0.39, 0.29) is 11.6 Å². The Kier molecular flexibility index (Phi) is 5.36. The van der Waals surface area contributed by atoms with Crippen LogP contribution in [0, 0.1) is 11.3 Å². The van der Waals surface area contributed by atoms with Crippen molar-refractivity contribution in [3.05, 3.63) is 82.1 Å². The van der Waals surface area contributed by atoms with Gasteiger partial charge in [-0.05, 0) is 30.3 Å². The normalized spacial score (nSPS) is 14.6. The summed E-state index contributed by atoms with van der Waals surface area (Å²) in [7, 11) is 0. The molecule has 2 aromatic carbocycles. The summed E-state index contributed by atoms with van der Waals surface area (Å²) in [6.45, 7) is 0.464. The van der Waals surface area contributed by atoms with Crippen LogP contribution >= 0.6 is 15.9 Å². The average Bonchev–Trinajstić information content (AvgIpc) is 3.31. The Balaban J connectivity index is 1.74. The third-order valence-corrected chi connectivity index (χ3v) is 4.82. The first-order valence-corrected chi connectivity index (χ1v) is 9.71. The van der Waals surface area contributed by atoms with E-state index in [9.17, 15) is 4.79 Å². The standard InChI is InChI=1S/C22H15BrN4O2/c23-18-9-7-15(8-10-18)20-17(14-27(26-20)12-4-11-24)13-19-22(28)29-21(25-19)16-5-2-1-3-6-16/h1-3,5-10,13-14H,4,12H2/b19-13+. The topological polar surface area (TPSA) is 80.3 Å². The number of halogens is 1. The Hall–Kier alpha value is -3.50. The number of hydrogen-bond donors (Lipinski definition) is 0. The number of aliphatic imine (C=N–C) groups is 1. The minimum Gasteiger partial charge on any atom is -0.402 e. The second-order valence-electron chi connectivity index (χ2n) is 6.31. The lowest BCUT2D eigenvalue weighted by atomic mass is 10.1. The minimum atomic E-state index is -0.504. The number of carbonyl (C=O) groups excluding carboxylic acids is 1. The number of aromatic nitrogens is 2. The van der Waals surface area contributed by atoms with Gasteiger partial charge >= 0.3 is 5.97 Å². The second-order valence-corrected chi connectivity index (χ2v) is 7.23. The smallest absolute Gasteiger partial charge is 0.363 e. The number of ether oxygens (including phenoxy) is 1. The molecule has 6 nitrogen and oxygen atoms in total. The number of hydrogen-bond acceptors (Lipinski definition) is 5. The number of nitrogens with zero attached hydrogens (tertiary/aromatic N) is 4. The van der Waals surface area contributed by atoms with Crippen molar-refractivity contribution in [3.63, 3.8) is 0 Å². The maximum atomic E-state index is 12.4. The van der Waals surface area contributed by atoms with Gasteiger partial charge in [0.1, 0.15) is 0 Å². The molecule has 0 fully saturated rings. The van der Waals surface area contributed by atoms with Gasteiger partial charge in [0.2, 0.25) is 5.90 Å². The second kappa shape index (κ2) is 8.25. The zero-order valence-corrected chi connectivity index (χ0v) is 16.8. The van der Waals surface area contributed by atoms with Gasteiger partial charge in [0.15, 0.2) is 5.70 Å². The van der Waals surface area contributed by atoms with Crippen LogP contribution in [0.15, 0.2) is 76.0 Å². The molecule has 0 spiro atoms. The zero-order chi connectivity index (χ0) is 20.2. The molecule has 1 aromatic heterocycles. The van der Waals surface area contributed by atoms with Gasteiger partial charge in [0.25, 0.3) is 0 Å². The first kappa shape index (κ1) is 18.8. The highest BCUT2D eigenvalue weighted by Crippen LogP contribution is 2.27. The summed E-state index contributed by atoms with van der Waals surface area (Å²) in [5.41, 5.74) is 3.29. The largest absolute Gasteiger partial charge is 0.402 e. The highest BCUT2D eigenvalue weighted by molar-refractivity contribution is 9.10. The molecule has 0 bridgehead atoms. The summed E-state index contributed by atoms with van der Waals surface area (Å²) in [5, 5.41) is 13.5. The van der Waals surface area contributed by atoms with Gasteiger partial charge in [-0.3, -0.25) is 4.68 Å². The number of esters is 1. The molecule has 0 radical (unpaired) electrons. The molecule has 29 heavy (non-hydrogen) atoms. The molecular weight excluding hydrogens is 432 g/mol. The first-order valence-electron chi connectivity index (χ1n) is 8.92. The molecule has 7 heteroatoms. The summed E-state index contributed by atoms with van der Waals surface area (Å²) in [4.78, 5) is 16.7. The van der Waals surface area contributed by atoms with Gasteiger partial charge in [-0.2, -0.15) is 10.4 Å². The summed E-state index contributed by atoms with van der Waals surface area (Å²) in [6.07, 6.45) is 3.83. The highest BCUT2D eigenvalue weighted by atomic mass is 79.9. The van der Waals surface area contributed by atoms with E-state index in [0.717, 1.165) is 21.2 Å². The molecule has 0 amide bonds. The van der Waals surface area contributed by atoms with Crippen LogP contribution in [0.4, 0.5) is 0 Å². The Labute approximate surface area is 175 Å². The van der Waals surface area contributed by atoms with Crippen LogP contribution in [-0.4, -0.2) is 21.6 Å². The van der Waals surface area contributed by atoms with Crippen molar-refractivity contribution in [1.82, 2.24) is 9.78 Å². The molecule has 0 saturated carbocycles. The van der Waals surface area contributed by atoms with Crippen molar-refractivity contribution in [1.29, 1.82) is 5.26 Å². The third-order valence-electron chi connectivity index (χ3n) is 4.29. The monoisotopic (exact) mass is 446 g/mol. The van der Waals surface area contributed by atoms with Gasteiger partial charge in [-0.15, -0.1) is 0 Å². The number of carbonyl (C=O) groups is 1. The molecule has 3 aromatic rings. The predicted molar refractivity (Wildman–Crippen MR) is 113 cm³/mol. The van der Waals surface area contributed by atoms with Gasteiger partial charge in [0, 0.05) is 27.4 Å². The quantitative estimate of drug-likeness (QED) is 0.424. The van der Waals surface area contributed by atoms with Crippen LogP contribution in [0.25, 0.3) is 17.3 Å². The van der Waals surface area contributed by atoms with Crippen molar-refractivity contribution in [2.24, 2.45) is 4.99 Å². The Morgan fingerprint density at radius 1 is 1.10 bits per heavy atom. The van der Waals surface area contributed by atoms with E-state index in [1.165, 1.54) is 0 Å². The van der Waals surface area contributed by atoms with Crippen molar-refractivity contribution in [2.75, 3.05) is 0 Å². The Bertz CT molecular complexity index is 1160. The van der Waals surface area contributed by atoms with E-state index >= 15 is 0 Å². The van der Waals surface area contributed by atoms with Crippen molar-refractivity contribution >= 4 is 33.9 Å². The molecular formula is C22H15BrN4O2. The molecule has 0 aliphatic carbocycles. The maximum absolute atomic E-state index is 12.4. The zero-order valence-electron chi connectivity index (χ0n) is 15.2. The van der Waals surface area contributed by atoms with Crippen molar-refractivity contribution in [2.45, 2.75) is 13.0 Å². The third kappa shape index (κ3) is 4.18. The molecule has 0 saturated heterocycles. The number of benzene rings is 2. The highest BCUT2D eigenvalue weighted by Gasteiger charge is 2.25. The summed E-state index contributed by atoms with van der Waals surface area (Å²) < 4.78 is 7.99. The lowest BCUT2D eigenvalue weighted by Gasteiger charge is -2.00. The maximum Gasteiger partial charge on any atom is 0.363 e. The summed E-state index contributed by atoms with van der Waals surface area (Å²) in [5.74, 6) is -0.223. The van der Waals surface area contributed by atoms with Crippen molar-refractivity contribution in [3.8, 4) is 17.3 Å². The molecule has 0 N–H and O–H groups in total. The number of aryl methyl sites for hydroxylation is 1. The van der Waals surface area contributed by atoms with Crippen LogP contribution in [0.2, 0.25) is 0 Å². The minimum absolute atomic E-state index is 0.210. The lowest BCUT2D eigenvalue weighted by molar-refractivity contribution is -0.129. The number of nitriles is 1. The van der Waals surface area contributed by atoms with Crippen LogP contribution in [0.3, 0.4) is 0 Å². The molecule has 1 aliphatic heterocycles. The SMILES string of the molecule is N#CCCn1cc(/C=C2/N=C(c3ccccc3)OC2=O)c(-c2ccc(Br)cc2)n1. The fraction of sp³-hybridized carbons (Fsp3) is 0.0909.